The average Bonchev–Trinajstić information content (AvgIpc) is 3.13. The SMILES string of the molecule is C[NH+]1CC[NH+](CC(=O)Nc2ccc(S(=O)(=O)N3CCCC3)cc2)CC1. The maximum absolute atomic E-state index is 12.5. The van der Waals surface area contributed by atoms with Gasteiger partial charge >= 0.3 is 0 Å². The molecule has 2 fully saturated rings. The number of likely N-dealkylation sites (N-methyl/N-ethyl adjacent to an activating group) is 1. The molecule has 0 spiro atoms. The zero-order valence-corrected chi connectivity index (χ0v) is 15.6. The fraction of sp³-hybridized carbons (Fsp3) is 0.588. The van der Waals surface area contributed by atoms with Crippen LogP contribution in [-0.4, -0.2) is 71.5 Å². The van der Waals surface area contributed by atoms with Gasteiger partial charge < -0.3 is 15.1 Å². The van der Waals surface area contributed by atoms with Crippen LogP contribution < -0.4 is 15.1 Å². The molecule has 1 aromatic rings. The van der Waals surface area contributed by atoms with Gasteiger partial charge in [-0.1, -0.05) is 0 Å². The molecule has 0 bridgehead atoms. The molecule has 0 aliphatic carbocycles. The Morgan fingerprint density at radius 3 is 2.28 bits per heavy atom. The lowest BCUT2D eigenvalue weighted by atomic mass is 10.3. The van der Waals surface area contributed by atoms with Crippen molar-refractivity contribution in [2.24, 2.45) is 0 Å². The quantitative estimate of drug-likeness (QED) is 0.553. The van der Waals surface area contributed by atoms with E-state index in [1.54, 1.807) is 24.3 Å². The molecule has 2 aliphatic rings. The summed E-state index contributed by atoms with van der Waals surface area (Å²) < 4.78 is 26.5. The standard InChI is InChI=1S/C17H26N4O3S/c1-19-10-12-20(13-11-19)14-17(22)18-15-4-6-16(7-5-15)25(23,24)21-8-2-3-9-21/h4-7H,2-3,8-14H2,1H3,(H,18,22)/p+2. The number of nitrogens with zero attached hydrogens (tertiary/aromatic N) is 1. The van der Waals surface area contributed by atoms with E-state index in [0.717, 1.165) is 39.0 Å². The third-order valence-corrected chi connectivity index (χ3v) is 6.97. The van der Waals surface area contributed by atoms with Crippen LogP contribution >= 0.6 is 0 Å². The predicted octanol–water partition coefficient (Wildman–Crippen LogP) is -2.18. The molecule has 0 aromatic heterocycles. The van der Waals surface area contributed by atoms with Gasteiger partial charge in [-0.2, -0.15) is 4.31 Å². The van der Waals surface area contributed by atoms with Crippen molar-refractivity contribution in [2.45, 2.75) is 17.7 Å². The highest BCUT2D eigenvalue weighted by Crippen LogP contribution is 2.22. The first-order valence-electron chi connectivity index (χ1n) is 9.00. The number of nitrogens with one attached hydrogen (secondary N) is 3. The largest absolute Gasteiger partial charge is 0.328 e. The molecule has 2 aliphatic heterocycles. The molecule has 3 N–H and O–H groups in total. The van der Waals surface area contributed by atoms with E-state index in [1.807, 2.05) is 0 Å². The number of hydrogen-bond acceptors (Lipinski definition) is 3. The number of quaternary nitrogens is 2. The van der Waals surface area contributed by atoms with E-state index in [4.69, 9.17) is 0 Å². The van der Waals surface area contributed by atoms with Crippen LogP contribution in [0.15, 0.2) is 29.2 Å². The van der Waals surface area contributed by atoms with Crippen LogP contribution in [0.5, 0.6) is 0 Å². The molecular weight excluding hydrogens is 340 g/mol. The van der Waals surface area contributed by atoms with Gasteiger partial charge in [0.15, 0.2) is 6.54 Å². The molecule has 7 nitrogen and oxygen atoms in total. The van der Waals surface area contributed by atoms with Gasteiger partial charge in [0.05, 0.1) is 11.9 Å². The summed E-state index contributed by atoms with van der Waals surface area (Å²) in [6.45, 7) is 5.84. The van der Waals surface area contributed by atoms with E-state index >= 15 is 0 Å². The lowest BCUT2D eigenvalue weighted by molar-refractivity contribution is -0.999. The van der Waals surface area contributed by atoms with Crippen LogP contribution in [0.1, 0.15) is 12.8 Å². The number of piperazine rings is 1. The second-order valence-corrected chi connectivity index (χ2v) is 9.01. The summed E-state index contributed by atoms with van der Waals surface area (Å²) in [5, 5.41) is 2.87. The predicted molar refractivity (Wildman–Crippen MR) is 95.2 cm³/mol. The zero-order valence-electron chi connectivity index (χ0n) is 14.8. The first kappa shape index (κ1) is 18.3. The van der Waals surface area contributed by atoms with Gasteiger partial charge in [0.1, 0.15) is 26.2 Å². The molecule has 1 aromatic carbocycles. The van der Waals surface area contributed by atoms with Crippen LogP contribution in [0.2, 0.25) is 0 Å². The number of sulfonamides is 1. The Morgan fingerprint density at radius 1 is 1.08 bits per heavy atom. The second kappa shape index (κ2) is 7.82. The Morgan fingerprint density at radius 2 is 1.68 bits per heavy atom. The van der Waals surface area contributed by atoms with Crippen molar-refractivity contribution in [1.82, 2.24) is 4.31 Å². The van der Waals surface area contributed by atoms with Crippen LogP contribution in [-0.2, 0) is 14.8 Å². The normalized spacial score (nSPS) is 25.0. The monoisotopic (exact) mass is 368 g/mol. The Bertz CT molecular complexity index is 691. The molecule has 0 radical (unpaired) electrons. The van der Waals surface area contributed by atoms with Gasteiger partial charge in [0, 0.05) is 18.8 Å². The van der Waals surface area contributed by atoms with Crippen molar-refractivity contribution in [3.05, 3.63) is 24.3 Å². The van der Waals surface area contributed by atoms with Crippen molar-refractivity contribution in [2.75, 3.05) is 58.2 Å². The minimum Gasteiger partial charge on any atom is -0.328 e. The van der Waals surface area contributed by atoms with E-state index in [-0.39, 0.29) is 5.91 Å². The molecule has 0 saturated carbocycles. The fourth-order valence-electron chi connectivity index (χ4n) is 3.43. The number of amides is 1. The summed E-state index contributed by atoms with van der Waals surface area (Å²) in [5.41, 5.74) is 0.643. The summed E-state index contributed by atoms with van der Waals surface area (Å²) in [6, 6.07) is 6.50. The number of rotatable bonds is 5. The number of hydrogen-bond donors (Lipinski definition) is 3. The molecule has 0 atom stereocenters. The van der Waals surface area contributed by atoms with Crippen molar-refractivity contribution in [3.8, 4) is 0 Å². The van der Waals surface area contributed by atoms with Crippen molar-refractivity contribution in [1.29, 1.82) is 0 Å². The van der Waals surface area contributed by atoms with Crippen molar-refractivity contribution < 1.29 is 23.0 Å². The summed E-state index contributed by atoms with van der Waals surface area (Å²) in [7, 11) is -1.22. The summed E-state index contributed by atoms with van der Waals surface area (Å²) in [4.78, 5) is 15.3. The maximum atomic E-state index is 12.5. The third kappa shape index (κ3) is 4.58. The van der Waals surface area contributed by atoms with E-state index in [0.29, 0.717) is 30.2 Å². The molecular formula is C17H28N4O3S+2. The van der Waals surface area contributed by atoms with Crippen LogP contribution in [0, 0.1) is 0 Å². The minimum absolute atomic E-state index is 0.0234. The highest BCUT2D eigenvalue weighted by Gasteiger charge is 2.27. The van der Waals surface area contributed by atoms with E-state index < -0.39 is 10.0 Å². The molecule has 3 rings (SSSR count). The smallest absolute Gasteiger partial charge is 0.279 e. The van der Waals surface area contributed by atoms with Crippen molar-refractivity contribution in [3.63, 3.8) is 0 Å². The number of benzene rings is 1. The van der Waals surface area contributed by atoms with E-state index in [1.165, 1.54) is 14.1 Å². The van der Waals surface area contributed by atoms with Crippen molar-refractivity contribution >= 4 is 21.6 Å². The molecule has 1 amide bonds. The molecule has 2 saturated heterocycles. The number of anilines is 1. The van der Waals surface area contributed by atoms with E-state index in [9.17, 15) is 13.2 Å². The Labute approximate surface area is 149 Å². The number of carbonyl (C=O) groups is 1. The topological polar surface area (TPSA) is 75.4 Å². The van der Waals surface area contributed by atoms with Gasteiger partial charge in [-0.25, -0.2) is 8.42 Å². The van der Waals surface area contributed by atoms with Gasteiger partial charge in [-0.15, -0.1) is 0 Å². The Kier molecular flexibility index (Phi) is 5.73. The maximum Gasteiger partial charge on any atom is 0.279 e. The molecule has 25 heavy (non-hydrogen) atoms. The van der Waals surface area contributed by atoms with Gasteiger partial charge in [-0.3, -0.25) is 4.79 Å². The molecule has 138 valence electrons. The first-order chi connectivity index (χ1) is 11.9. The third-order valence-electron chi connectivity index (χ3n) is 5.06. The summed E-state index contributed by atoms with van der Waals surface area (Å²) >= 11 is 0. The molecule has 0 unspecified atom stereocenters. The first-order valence-corrected chi connectivity index (χ1v) is 10.4. The lowest BCUT2D eigenvalue weighted by Gasteiger charge is -2.26. The average molecular weight is 369 g/mol. The fourth-order valence-corrected chi connectivity index (χ4v) is 4.94. The summed E-state index contributed by atoms with van der Waals surface area (Å²) in [5.74, 6) is -0.0234. The molecule has 2 heterocycles. The summed E-state index contributed by atoms with van der Waals surface area (Å²) in [6.07, 6.45) is 1.84. The lowest BCUT2D eigenvalue weighted by Crippen LogP contribution is -3.27. The molecule has 8 heteroatoms. The zero-order chi connectivity index (χ0) is 17.9. The minimum atomic E-state index is -3.40. The van der Waals surface area contributed by atoms with Gasteiger partial charge in [-0.05, 0) is 37.1 Å². The van der Waals surface area contributed by atoms with Gasteiger partial charge in [0.2, 0.25) is 10.0 Å². The van der Waals surface area contributed by atoms with Crippen LogP contribution in [0.3, 0.4) is 0 Å². The number of carbonyl (C=O) groups excluding carboxylic acids is 1. The van der Waals surface area contributed by atoms with Gasteiger partial charge in [0.25, 0.3) is 5.91 Å². The second-order valence-electron chi connectivity index (χ2n) is 7.07. The van der Waals surface area contributed by atoms with E-state index in [2.05, 4.69) is 12.4 Å². The van der Waals surface area contributed by atoms with Crippen LogP contribution in [0.25, 0.3) is 0 Å². The van der Waals surface area contributed by atoms with Crippen LogP contribution in [0.4, 0.5) is 5.69 Å². The Balaban J connectivity index is 1.56. The highest BCUT2D eigenvalue weighted by atomic mass is 32.2. The highest BCUT2D eigenvalue weighted by molar-refractivity contribution is 7.89. The Hall–Kier alpha value is -1.48.